The van der Waals surface area contributed by atoms with E-state index in [1.165, 1.54) is 12.1 Å². The lowest BCUT2D eigenvalue weighted by Gasteiger charge is -2.26. The normalized spacial score (nSPS) is 14.7. The lowest BCUT2D eigenvalue weighted by Crippen LogP contribution is -2.54. The number of benzene rings is 3. The van der Waals surface area contributed by atoms with Gasteiger partial charge in [-0.15, -0.1) is 0 Å². The average molecular weight is 700 g/mol. The molecule has 0 atom stereocenters. The Morgan fingerprint density at radius 1 is 0.927 bits per heavy atom. The first-order valence-electron chi connectivity index (χ1n) is 10.9. The highest BCUT2D eigenvalue weighted by Gasteiger charge is 2.38. The van der Waals surface area contributed by atoms with Crippen molar-refractivity contribution in [2.75, 3.05) is 4.90 Å². The highest BCUT2D eigenvalue weighted by molar-refractivity contribution is 9.11. The fraction of sp³-hybridized carbons (Fsp3) is 0.0417. The topological polar surface area (TPSA) is 162 Å². The van der Waals surface area contributed by atoms with Gasteiger partial charge in [0, 0.05) is 28.2 Å². The first kappa shape index (κ1) is 29.3. The van der Waals surface area contributed by atoms with E-state index in [4.69, 9.17) is 4.74 Å². The fourth-order valence-corrected chi connectivity index (χ4v) is 4.94. The summed E-state index contributed by atoms with van der Waals surface area (Å²) < 4.78 is 45.5. The van der Waals surface area contributed by atoms with E-state index in [1.807, 2.05) is 5.32 Å². The summed E-state index contributed by atoms with van der Waals surface area (Å²) >= 11 is 6.42. The smallest absolute Gasteiger partial charge is 0.416 e. The lowest BCUT2D eigenvalue weighted by atomic mass is 10.1. The largest absolute Gasteiger partial charge is 0.448 e. The third kappa shape index (κ3) is 6.09. The number of hydrogen-bond acceptors (Lipinski definition) is 8. The maximum absolute atomic E-state index is 13.3. The number of halogens is 5. The Hall–Kier alpha value is -4.64. The van der Waals surface area contributed by atoms with Gasteiger partial charge in [-0.2, -0.15) is 13.2 Å². The van der Waals surface area contributed by atoms with E-state index in [0.717, 1.165) is 36.4 Å². The van der Waals surface area contributed by atoms with E-state index in [1.54, 1.807) is 0 Å². The molecule has 1 aliphatic rings. The molecule has 0 saturated carbocycles. The predicted molar refractivity (Wildman–Crippen MR) is 142 cm³/mol. The number of imide groups is 2. The summed E-state index contributed by atoms with van der Waals surface area (Å²) in [5, 5.41) is 24.4. The monoisotopic (exact) mass is 698 g/mol. The zero-order valence-corrected chi connectivity index (χ0v) is 22.9. The Morgan fingerprint density at radius 2 is 1.59 bits per heavy atom. The minimum Gasteiger partial charge on any atom is -0.448 e. The number of non-ortho nitro benzene ring substituents is 1. The van der Waals surface area contributed by atoms with Crippen molar-refractivity contribution in [3.63, 3.8) is 0 Å². The Morgan fingerprint density at radius 3 is 2.17 bits per heavy atom. The van der Waals surface area contributed by atoms with Crippen LogP contribution in [0.4, 0.5) is 35.0 Å². The summed E-state index contributed by atoms with van der Waals surface area (Å²) in [5.74, 6) is -3.02. The van der Waals surface area contributed by atoms with Crippen LogP contribution in [0.1, 0.15) is 11.1 Å². The van der Waals surface area contributed by atoms with E-state index >= 15 is 0 Å². The third-order valence-corrected chi connectivity index (χ3v) is 6.50. The number of amides is 4. The van der Waals surface area contributed by atoms with Gasteiger partial charge in [-0.1, -0.05) is 15.9 Å². The summed E-state index contributed by atoms with van der Waals surface area (Å²) in [6.07, 6.45) is -3.86. The Balaban J connectivity index is 1.79. The zero-order chi connectivity index (χ0) is 30.2. The molecule has 17 heteroatoms. The molecule has 1 aliphatic heterocycles. The van der Waals surface area contributed by atoms with Crippen LogP contribution in [0.25, 0.3) is 6.08 Å². The number of nitrogens with one attached hydrogen (secondary N) is 1. The van der Waals surface area contributed by atoms with Crippen LogP contribution < -0.4 is 15.0 Å². The summed E-state index contributed by atoms with van der Waals surface area (Å²) in [7, 11) is 0. The molecule has 0 radical (unpaired) electrons. The molecule has 12 nitrogen and oxygen atoms in total. The molecule has 3 aromatic rings. The molecule has 4 amide bonds. The van der Waals surface area contributed by atoms with Crippen LogP contribution >= 0.6 is 31.9 Å². The zero-order valence-electron chi connectivity index (χ0n) is 19.8. The summed E-state index contributed by atoms with van der Waals surface area (Å²) in [5.41, 5.74) is -3.34. The first-order chi connectivity index (χ1) is 19.2. The third-order valence-electron chi connectivity index (χ3n) is 5.45. The molecule has 1 saturated heterocycles. The van der Waals surface area contributed by atoms with Crippen molar-refractivity contribution in [2.45, 2.75) is 6.18 Å². The lowest BCUT2D eigenvalue weighted by molar-refractivity contribution is -0.385. The van der Waals surface area contributed by atoms with Crippen molar-refractivity contribution in [2.24, 2.45) is 0 Å². The van der Waals surface area contributed by atoms with Gasteiger partial charge < -0.3 is 4.74 Å². The Kier molecular flexibility index (Phi) is 7.94. The maximum atomic E-state index is 13.3. The highest BCUT2D eigenvalue weighted by atomic mass is 79.9. The van der Waals surface area contributed by atoms with Gasteiger partial charge in [0.2, 0.25) is 5.75 Å². The quantitative estimate of drug-likeness (QED) is 0.132. The molecule has 1 heterocycles. The molecule has 0 bridgehead atoms. The van der Waals surface area contributed by atoms with Crippen molar-refractivity contribution in [1.82, 2.24) is 5.32 Å². The molecule has 3 aromatic carbocycles. The molecule has 210 valence electrons. The number of ether oxygens (including phenoxy) is 1. The van der Waals surface area contributed by atoms with E-state index in [9.17, 15) is 47.8 Å². The number of hydrogen-bond donors (Lipinski definition) is 1. The number of carbonyl (C=O) groups is 3. The predicted octanol–water partition coefficient (Wildman–Crippen LogP) is 6.51. The minimum atomic E-state index is -4.86. The summed E-state index contributed by atoms with van der Waals surface area (Å²) in [6.45, 7) is 0. The van der Waals surface area contributed by atoms with Crippen molar-refractivity contribution in [1.29, 1.82) is 0 Å². The second-order valence-electron chi connectivity index (χ2n) is 8.08. The van der Waals surface area contributed by atoms with E-state index in [-0.39, 0.29) is 27.2 Å². The molecule has 41 heavy (non-hydrogen) atoms. The summed E-state index contributed by atoms with van der Waals surface area (Å²) in [6, 6.07) is 7.62. The van der Waals surface area contributed by atoms with Gasteiger partial charge in [0.1, 0.15) is 11.3 Å². The van der Waals surface area contributed by atoms with E-state index in [0.29, 0.717) is 21.5 Å². The van der Waals surface area contributed by atoms with Crippen molar-refractivity contribution in [3.8, 4) is 11.5 Å². The van der Waals surface area contributed by atoms with E-state index in [2.05, 4.69) is 31.9 Å². The minimum absolute atomic E-state index is 0.0445. The van der Waals surface area contributed by atoms with Gasteiger partial charge in [-0.3, -0.25) is 35.1 Å². The SMILES string of the molecule is O=C1NC(=O)N(c2ccc([N+](=O)[O-])cc2)C(=O)/C1=C/c1cc(Br)cc(Br)c1Oc1ccc(C(F)(F)F)cc1[N+](=O)[O-]. The molecule has 0 spiro atoms. The highest BCUT2D eigenvalue weighted by Crippen LogP contribution is 2.42. The van der Waals surface area contributed by atoms with Crippen LogP contribution in [0, 0.1) is 20.2 Å². The first-order valence-corrected chi connectivity index (χ1v) is 12.4. The number of nitro groups is 2. The maximum Gasteiger partial charge on any atom is 0.416 e. The van der Waals surface area contributed by atoms with Crippen LogP contribution in [-0.2, 0) is 15.8 Å². The van der Waals surface area contributed by atoms with Crippen LogP contribution in [-0.4, -0.2) is 27.7 Å². The number of carbonyl (C=O) groups excluding carboxylic acids is 3. The van der Waals surface area contributed by atoms with Gasteiger partial charge >= 0.3 is 17.9 Å². The van der Waals surface area contributed by atoms with Gasteiger partial charge in [0.25, 0.3) is 17.5 Å². The van der Waals surface area contributed by atoms with E-state index < -0.39 is 56.4 Å². The number of barbiturate groups is 1. The molecular formula is C24H11Br2F3N4O8. The number of rotatable bonds is 6. The van der Waals surface area contributed by atoms with Crippen LogP contribution in [0.3, 0.4) is 0 Å². The molecule has 0 aromatic heterocycles. The molecule has 1 N–H and O–H groups in total. The van der Waals surface area contributed by atoms with Gasteiger partial charge in [-0.25, -0.2) is 9.69 Å². The second kappa shape index (κ2) is 11.1. The second-order valence-corrected chi connectivity index (χ2v) is 9.85. The van der Waals surface area contributed by atoms with Crippen molar-refractivity contribution in [3.05, 3.63) is 100 Å². The Labute approximate surface area is 242 Å². The van der Waals surface area contributed by atoms with Crippen molar-refractivity contribution < 1.29 is 42.1 Å². The van der Waals surface area contributed by atoms with Crippen LogP contribution in [0.15, 0.2) is 69.1 Å². The number of alkyl halides is 3. The molecule has 4 rings (SSSR count). The standard InChI is InChI=1S/C24H11Br2F3N4O8/c25-13-7-11(20(17(26)10-13)41-19-6-1-12(24(27,28)29)9-18(19)33(39)40)8-16-21(34)30-23(36)31(22(16)35)14-2-4-15(5-3-14)32(37)38/h1-10H,(H,30,34,36)/b16-8+. The van der Waals surface area contributed by atoms with Crippen molar-refractivity contribution >= 4 is 72.8 Å². The molecule has 1 fully saturated rings. The number of anilines is 1. The van der Waals surface area contributed by atoms with Gasteiger partial charge in [0.05, 0.1) is 25.6 Å². The summed E-state index contributed by atoms with van der Waals surface area (Å²) in [4.78, 5) is 59.7. The van der Waals surface area contributed by atoms with Gasteiger partial charge in [-0.05, 0) is 58.4 Å². The molecule has 0 unspecified atom stereocenters. The van der Waals surface area contributed by atoms with Gasteiger partial charge in [0.15, 0.2) is 0 Å². The number of nitro benzene ring substituents is 2. The number of nitrogens with zero attached hydrogens (tertiary/aromatic N) is 3. The number of urea groups is 1. The molecule has 0 aliphatic carbocycles. The Bertz CT molecular complexity index is 1680. The van der Waals surface area contributed by atoms with Crippen LogP contribution in [0.5, 0.6) is 11.5 Å². The van der Waals surface area contributed by atoms with Crippen LogP contribution in [0.2, 0.25) is 0 Å². The fourth-order valence-electron chi connectivity index (χ4n) is 3.60. The molecular weight excluding hydrogens is 689 g/mol. The average Bonchev–Trinajstić information content (AvgIpc) is 2.88.